The fourth-order valence-corrected chi connectivity index (χ4v) is 2.22. The van der Waals surface area contributed by atoms with Gasteiger partial charge in [-0.15, -0.1) is 0 Å². The SMILES string of the molecule is CC(NCc1ccc(F)c(CO)c1)c1ccc(F)c(Cl)c1. The molecule has 2 aromatic carbocycles. The van der Waals surface area contributed by atoms with Crippen molar-refractivity contribution in [3.05, 3.63) is 69.7 Å². The van der Waals surface area contributed by atoms with Crippen molar-refractivity contribution >= 4 is 11.6 Å². The summed E-state index contributed by atoms with van der Waals surface area (Å²) < 4.78 is 26.4. The van der Waals surface area contributed by atoms with Crippen molar-refractivity contribution < 1.29 is 13.9 Å². The van der Waals surface area contributed by atoms with Crippen molar-refractivity contribution in [3.8, 4) is 0 Å². The molecule has 2 aromatic rings. The Kier molecular flexibility index (Phi) is 5.28. The summed E-state index contributed by atoms with van der Waals surface area (Å²) in [5, 5.41) is 12.4. The fourth-order valence-electron chi connectivity index (χ4n) is 2.03. The molecule has 1 atom stereocenters. The molecule has 112 valence electrons. The fraction of sp³-hybridized carbons (Fsp3) is 0.250. The molecule has 2 rings (SSSR count). The van der Waals surface area contributed by atoms with Crippen molar-refractivity contribution in [1.82, 2.24) is 5.32 Å². The lowest BCUT2D eigenvalue weighted by atomic mass is 10.1. The van der Waals surface area contributed by atoms with Crippen LogP contribution in [0, 0.1) is 11.6 Å². The van der Waals surface area contributed by atoms with E-state index in [1.165, 1.54) is 12.1 Å². The van der Waals surface area contributed by atoms with E-state index in [9.17, 15) is 8.78 Å². The van der Waals surface area contributed by atoms with Crippen LogP contribution in [0.1, 0.15) is 29.7 Å². The lowest BCUT2D eigenvalue weighted by Gasteiger charge is -2.15. The maximum Gasteiger partial charge on any atom is 0.141 e. The van der Waals surface area contributed by atoms with E-state index in [2.05, 4.69) is 5.32 Å². The molecule has 0 heterocycles. The maximum absolute atomic E-state index is 13.3. The molecular formula is C16H16ClF2NO. The number of nitrogens with one attached hydrogen (secondary N) is 1. The Labute approximate surface area is 127 Å². The molecule has 0 aliphatic rings. The van der Waals surface area contributed by atoms with Crippen LogP contribution in [-0.2, 0) is 13.2 Å². The molecule has 2 N–H and O–H groups in total. The minimum Gasteiger partial charge on any atom is -0.392 e. The smallest absolute Gasteiger partial charge is 0.141 e. The van der Waals surface area contributed by atoms with Gasteiger partial charge in [0.05, 0.1) is 11.6 Å². The molecule has 2 nitrogen and oxygen atoms in total. The first-order valence-corrected chi connectivity index (χ1v) is 6.95. The van der Waals surface area contributed by atoms with Crippen LogP contribution in [0.5, 0.6) is 0 Å². The molecule has 0 aliphatic carbocycles. The van der Waals surface area contributed by atoms with Crippen molar-refractivity contribution in [2.45, 2.75) is 26.1 Å². The van der Waals surface area contributed by atoms with Crippen molar-refractivity contribution in [2.24, 2.45) is 0 Å². The molecule has 0 amide bonds. The van der Waals surface area contributed by atoms with Crippen LogP contribution in [0.25, 0.3) is 0 Å². The van der Waals surface area contributed by atoms with Gasteiger partial charge in [-0.1, -0.05) is 23.7 Å². The third-order valence-electron chi connectivity index (χ3n) is 3.34. The molecule has 0 aromatic heterocycles. The molecule has 0 saturated carbocycles. The molecular weight excluding hydrogens is 296 g/mol. The van der Waals surface area contributed by atoms with E-state index in [0.29, 0.717) is 6.54 Å². The predicted molar refractivity (Wildman–Crippen MR) is 79.0 cm³/mol. The van der Waals surface area contributed by atoms with Gasteiger partial charge in [-0.2, -0.15) is 0 Å². The summed E-state index contributed by atoms with van der Waals surface area (Å²) in [6.07, 6.45) is 0. The zero-order valence-electron chi connectivity index (χ0n) is 11.5. The largest absolute Gasteiger partial charge is 0.392 e. The van der Waals surface area contributed by atoms with E-state index >= 15 is 0 Å². The minimum atomic E-state index is -0.446. The molecule has 0 saturated heterocycles. The van der Waals surface area contributed by atoms with Gasteiger partial charge in [-0.25, -0.2) is 8.78 Å². The lowest BCUT2D eigenvalue weighted by molar-refractivity contribution is 0.275. The summed E-state index contributed by atoms with van der Waals surface area (Å²) in [5.41, 5.74) is 2.00. The van der Waals surface area contributed by atoms with Crippen LogP contribution in [0.15, 0.2) is 36.4 Å². The van der Waals surface area contributed by atoms with Gasteiger partial charge in [0.25, 0.3) is 0 Å². The monoisotopic (exact) mass is 311 g/mol. The van der Waals surface area contributed by atoms with Gasteiger partial charge in [0, 0.05) is 18.2 Å². The summed E-state index contributed by atoms with van der Waals surface area (Å²) in [6, 6.07) is 9.16. The number of aliphatic hydroxyl groups is 1. The number of aliphatic hydroxyl groups excluding tert-OH is 1. The van der Waals surface area contributed by atoms with E-state index in [1.807, 2.05) is 6.92 Å². The van der Waals surface area contributed by atoms with E-state index in [4.69, 9.17) is 16.7 Å². The van der Waals surface area contributed by atoms with Gasteiger partial charge in [-0.05, 0) is 42.3 Å². The molecule has 1 unspecified atom stereocenters. The van der Waals surface area contributed by atoms with Crippen LogP contribution in [0.4, 0.5) is 8.78 Å². The molecule has 0 bridgehead atoms. The summed E-state index contributed by atoms with van der Waals surface area (Å²) in [5.74, 6) is -0.863. The standard InChI is InChI=1S/C16H16ClF2NO/c1-10(12-3-5-16(19)14(17)7-12)20-8-11-2-4-15(18)13(6-11)9-21/h2-7,10,20-21H,8-9H2,1H3. The van der Waals surface area contributed by atoms with Crippen LogP contribution < -0.4 is 5.32 Å². The number of halogens is 3. The second-order valence-corrected chi connectivity index (χ2v) is 5.27. The van der Waals surface area contributed by atoms with Gasteiger partial charge in [0.2, 0.25) is 0 Å². The molecule has 0 aliphatic heterocycles. The highest BCUT2D eigenvalue weighted by molar-refractivity contribution is 6.30. The summed E-state index contributed by atoms with van der Waals surface area (Å²) in [4.78, 5) is 0. The molecule has 0 fully saturated rings. The number of hydrogen-bond donors (Lipinski definition) is 2. The summed E-state index contributed by atoms with van der Waals surface area (Å²) in [6.45, 7) is 2.10. The highest BCUT2D eigenvalue weighted by atomic mass is 35.5. The first-order valence-electron chi connectivity index (χ1n) is 6.57. The van der Waals surface area contributed by atoms with Gasteiger partial charge in [-0.3, -0.25) is 0 Å². The van der Waals surface area contributed by atoms with Crippen molar-refractivity contribution in [3.63, 3.8) is 0 Å². The minimum absolute atomic E-state index is 0.0364. The van der Waals surface area contributed by atoms with Gasteiger partial charge in [0.15, 0.2) is 0 Å². The Morgan fingerprint density at radius 1 is 1.14 bits per heavy atom. The highest BCUT2D eigenvalue weighted by Gasteiger charge is 2.09. The van der Waals surface area contributed by atoms with Crippen LogP contribution in [0.2, 0.25) is 5.02 Å². The van der Waals surface area contributed by atoms with Crippen molar-refractivity contribution in [1.29, 1.82) is 0 Å². The first-order chi connectivity index (χ1) is 10.0. The molecule has 21 heavy (non-hydrogen) atoms. The quantitative estimate of drug-likeness (QED) is 0.876. The predicted octanol–water partition coefficient (Wildman–Crippen LogP) is 3.96. The van der Waals surface area contributed by atoms with E-state index in [1.54, 1.807) is 24.3 Å². The second-order valence-electron chi connectivity index (χ2n) is 4.86. The van der Waals surface area contributed by atoms with Gasteiger partial charge >= 0.3 is 0 Å². The third-order valence-corrected chi connectivity index (χ3v) is 3.63. The number of benzene rings is 2. The highest BCUT2D eigenvalue weighted by Crippen LogP contribution is 2.21. The molecule has 0 radical (unpaired) electrons. The Morgan fingerprint density at radius 3 is 2.52 bits per heavy atom. The van der Waals surface area contributed by atoms with E-state index < -0.39 is 11.6 Å². The second kappa shape index (κ2) is 6.98. The Hall–Kier alpha value is -1.49. The molecule has 5 heteroatoms. The summed E-state index contributed by atoms with van der Waals surface area (Å²) >= 11 is 5.76. The molecule has 0 spiro atoms. The zero-order valence-corrected chi connectivity index (χ0v) is 12.3. The van der Waals surface area contributed by atoms with Crippen LogP contribution >= 0.6 is 11.6 Å². The summed E-state index contributed by atoms with van der Waals surface area (Å²) in [7, 11) is 0. The number of rotatable bonds is 5. The average molecular weight is 312 g/mol. The number of hydrogen-bond acceptors (Lipinski definition) is 2. The average Bonchev–Trinajstić information content (AvgIpc) is 2.48. The van der Waals surface area contributed by atoms with Crippen LogP contribution in [0.3, 0.4) is 0 Å². The topological polar surface area (TPSA) is 32.3 Å². The lowest BCUT2D eigenvalue weighted by Crippen LogP contribution is -2.18. The third kappa shape index (κ3) is 4.00. The van der Waals surface area contributed by atoms with Gasteiger partial charge < -0.3 is 10.4 Å². The van der Waals surface area contributed by atoms with Gasteiger partial charge in [0.1, 0.15) is 11.6 Å². The Bertz CT molecular complexity index is 634. The van der Waals surface area contributed by atoms with E-state index in [0.717, 1.165) is 11.1 Å². The first kappa shape index (κ1) is 15.9. The van der Waals surface area contributed by atoms with E-state index in [-0.39, 0.29) is 23.2 Å². The zero-order chi connectivity index (χ0) is 15.4. The van der Waals surface area contributed by atoms with Crippen molar-refractivity contribution in [2.75, 3.05) is 0 Å². The Balaban J connectivity index is 2.03. The maximum atomic E-state index is 13.3. The normalized spacial score (nSPS) is 12.4. The Morgan fingerprint density at radius 2 is 1.86 bits per heavy atom. The van der Waals surface area contributed by atoms with Crippen LogP contribution in [-0.4, -0.2) is 5.11 Å².